The maximum atomic E-state index is 15.0. The van der Waals surface area contributed by atoms with Crippen molar-refractivity contribution in [3.8, 4) is 0 Å². The predicted molar refractivity (Wildman–Crippen MR) is 235 cm³/mol. The lowest BCUT2D eigenvalue weighted by Gasteiger charge is -2.42. The molecule has 60 heavy (non-hydrogen) atoms. The van der Waals surface area contributed by atoms with E-state index in [1.54, 1.807) is 48.5 Å². The molecule has 0 saturated heterocycles. The molecule has 290 valence electrons. The van der Waals surface area contributed by atoms with Crippen LogP contribution in [-0.4, -0.2) is 23.6 Å². The number of hydrogen-bond acceptors (Lipinski definition) is 6. The Morgan fingerprint density at radius 3 is 0.867 bits per heavy atom. The summed E-state index contributed by atoms with van der Waals surface area (Å²) in [4.78, 5) is 65.6. The van der Waals surface area contributed by atoms with Crippen molar-refractivity contribution < 1.29 is 19.2 Å². The van der Waals surface area contributed by atoms with Crippen molar-refractivity contribution in [2.24, 2.45) is 0 Å². The molecule has 11 rings (SSSR count). The first kappa shape index (κ1) is 35.6. The number of benzene rings is 7. The zero-order valence-corrected chi connectivity index (χ0v) is 33.4. The van der Waals surface area contributed by atoms with Crippen LogP contribution in [0.25, 0.3) is 0 Å². The molecule has 4 amide bonds. The number of fused-ring (bicyclic) bond motifs is 6. The molecular weight excluding hydrogens is 745 g/mol. The largest absolute Gasteiger partial charge is 0.309 e. The van der Waals surface area contributed by atoms with Crippen molar-refractivity contribution >= 4 is 69.1 Å². The summed E-state index contributed by atoms with van der Waals surface area (Å²) < 4.78 is 0. The van der Waals surface area contributed by atoms with Crippen LogP contribution in [0, 0.1) is 0 Å². The quantitative estimate of drug-likeness (QED) is 0.165. The van der Waals surface area contributed by atoms with Gasteiger partial charge < -0.3 is 9.80 Å². The summed E-state index contributed by atoms with van der Waals surface area (Å²) >= 11 is 0. The third-order valence-corrected chi connectivity index (χ3v) is 12.9. The number of carbonyl (C=O) groups is 4. The van der Waals surface area contributed by atoms with Gasteiger partial charge in [0.2, 0.25) is 0 Å². The van der Waals surface area contributed by atoms with Gasteiger partial charge in [0.25, 0.3) is 23.6 Å². The maximum absolute atomic E-state index is 15.0. The molecule has 4 heterocycles. The average molecular weight is 783 g/mol. The van der Waals surface area contributed by atoms with Gasteiger partial charge in [-0.1, -0.05) is 125 Å². The van der Waals surface area contributed by atoms with Gasteiger partial charge in [-0.15, -0.1) is 0 Å². The first-order valence-corrected chi connectivity index (χ1v) is 20.1. The Morgan fingerprint density at radius 2 is 0.550 bits per heavy atom. The molecule has 0 aliphatic carbocycles. The molecule has 0 radical (unpaired) electrons. The molecule has 8 nitrogen and oxygen atoms in total. The van der Waals surface area contributed by atoms with E-state index in [9.17, 15) is 9.59 Å². The van der Waals surface area contributed by atoms with Gasteiger partial charge in [-0.3, -0.25) is 19.2 Å². The Labute approximate surface area is 347 Å². The number of carbonyl (C=O) groups excluding carboxylic acids is 4. The number of imide groups is 2. The van der Waals surface area contributed by atoms with Crippen LogP contribution in [0.5, 0.6) is 0 Å². The zero-order valence-electron chi connectivity index (χ0n) is 33.4. The van der Waals surface area contributed by atoms with Crippen molar-refractivity contribution in [2.45, 2.75) is 38.5 Å². The molecule has 7 aromatic rings. The fraction of sp³-hybridized carbons (Fsp3) is 0.115. The van der Waals surface area contributed by atoms with E-state index >= 15 is 9.59 Å². The summed E-state index contributed by atoms with van der Waals surface area (Å²) in [6, 6.07) is 49.9. The van der Waals surface area contributed by atoms with Crippen LogP contribution < -0.4 is 19.6 Å². The number of anilines is 8. The third-order valence-electron chi connectivity index (χ3n) is 12.9. The van der Waals surface area contributed by atoms with E-state index in [2.05, 4.69) is 61.8 Å². The fourth-order valence-electron chi connectivity index (χ4n) is 10.0. The van der Waals surface area contributed by atoms with Crippen LogP contribution in [0.1, 0.15) is 91.4 Å². The van der Waals surface area contributed by atoms with Gasteiger partial charge in [-0.05, 0) is 82.9 Å². The van der Waals surface area contributed by atoms with E-state index in [1.807, 2.05) is 84.9 Å². The molecule has 0 N–H and O–H groups in total. The van der Waals surface area contributed by atoms with Crippen LogP contribution in [0.4, 0.5) is 45.5 Å². The van der Waals surface area contributed by atoms with E-state index in [0.29, 0.717) is 11.4 Å². The zero-order chi connectivity index (χ0) is 41.2. The van der Waals surface area contributed by atoms with E-state index in [-0.39, 0.29) is 44.5 Å². The molecule has 0 spiro atoms. The van der Waals surface area contributed by atoms with Crippen LogP contribution >= 0.6 is 0 Å². The van der Waals surface area contributed by atoms with Gasteiger partial charge in [-0.2, -0.15) is 0 Å². The van der Waals surface area contributed by atoms with Gasteiger partial charge in [0.05, 0.1) is 67.8 Å². The first-order valence-electron chi connectivity index (χ1n) is 20.1. The molecular formula is C52H38N4O4. The molecule has 4 aliphatic rings. The Bertz CT molecular complexity index is 2770. The summed E-state index contributed by atoms with van der Waals surface area (Å²) in [5.74, 6) is -2.16. The molecule has 4 aliphatic heterocycles. The molecule has 8 heteroatoms. The molecule has 0 fully saturated rings. The van der Waals surface area contributed by atoms with Gasteiger partial charge in [0.15, 0.2) is 0 Å². The van der Waals surface area contributed by atoms with Gasteiger partial charge in [0, 0.05) is 10.8 Å². The lowest BCUT2D eigenvalue weighted by molar-refractivity contribution is 0.0904. The number of rotatable bonds is 4. The van der Waals surface area contributed by atoms with E-state index < -0.39 is 23.6 Å². The Hall–Kier alpha value is -7.58. The van der Waals surface area contributed by atoms with Crippen LogP contribution in [0.3, 0.4) is 0 Å². The number of hydrogen-bond donors (Lipinski definition) is 0. The minimum absolute atomic E-state index is 0.140. The van der Waals surface area contributed by atoms with Crippen molar-refractivity contribution in [2.75, 3.05) is 19.6 Å². The minimum Gasteiger partial charge on any atom is -0.309 e. The lowest BCUT2D eigenvalue weighted by atomic mass is 9.73. The highest BCUT2D eigenvalue weighted by molar-refractivity contribution is 6.40. The summed E-state index contributed by atoms with van der Waals surface area (Å²) in [6.45, 7) is 8.77. The van der Waals surface area contributed by atoms with E-state index in [0.717, 1.165) is 54.8 Å². The van der Waals surface area contributed by atoms with Gasteiger partial charge in [-0.25, -0.2) is 9.80 Å². The molecule has 7 aromatic carbocycles. The van der Waals surface area contributed by atoms with Crippen LogP contribution in [0.2, 0.25) is 0 Å². The van der Waals surface area contributed by atoms with E-state index in [1.165, 1.54) is 0 Å². The van der Waals surface area contributed by atoms with E-state index in [4.69, 9.17) is 0 Å². The second-order valence-electron chi connectivity index (χ2n) is 16.8. The molecule has 0 unspecified atom stereocenters. The second kappa shape index (κ2) is 12.5. The fourth-order valence-corrected chi connectivity index (χ4v) is 10.0. The summed E-state index contributed by atoms with van der Waals surface area (Å²) in [5.41, 5.74) is 9.75. The van der Waals surface area contributed by atoms with Crippen molar-refractivity contribution in [1.29, 1.82) is 0 Å². The van der Waals surface area contributed by atoms with Gasteiger partial charge >= 0.3 is 0 Å². The lowest BCUT2D eigenvalue weighted by Crippen LogP contribution is -2.35. The standard InChI is InChI=1S/C52H38N4O4/c1-51(2)33-19-5-9-23-37(33)53(38-24-10-6-20-34(38)51)43-29-15-17-31-45(43)49(59)55(47(31)57)41-27-13-14-28-42(41)56-48(58)32-18-16-30-44(46(32)50(56)60)54-39-25-11-7-21-35(39)52(3,4)36-22-8-12-26-40(36)54/h5-30H,1-4H3. The molecule has 0 aromatic heterocycles. The highest BCUT2D eigenvalue weighted by Crippen LogP contribution is 2.55. The number of amides is 4. The number of nitrogens with zero attached hydrogens (tertiary/aromatic N) is 4. The van der Waals surface area contributed by atoms with Crippen molar-refractivity contribution in [3.05, 3.63) is 202 Å². The van der Waals surface area contributed by atoms with Crippen molar-refractivity contribution in [1.82, 2.24) is 0 Å². The summed E-state index contributed by atoms with van der Waals surface area (Å²) in [5, 5.41) is 0. The topological polar surface area (TPSA) is 81.2 Å². The highest BCUT2D eigenvalue weighted by atomic mass is 16.2. The van der Waals surface area contributed by atoms with Gasteiger partial charge in [0.1, 0.15) is 0 Å². The average Bonchev–Trinajstić information content (AvgIpc) is 3.68. The second-order valence-corrected chi connectivity index (χ2v) is 16.8. The Morgan fingerprint density at radius 1 is 0.283 bits per heavy atom. The number of para-hydroxylation sites is 6. The van der Waals surface area contributed by atoms with Crippen LogP contribution in [-0.2, 0) is 10.8 Å². The first-order chi connectivity index (χ1) is 29.0. The normalized spacial score (nSPS) is 16.6. The summed E-state index contributed by atoms with van der Waals surface area (Å²) in [7, 11) is 0. The predicted octanol–water partition coefficient (Wildman–Crippen LogP) is 11.5. The monoisotopic (exact) mass is 782 g/mol. The summed E-state index contributed by atoms with van der Waals surface area (Å²) in [6.07, 6.45) is 0. The third kappa shape index (κ3) is 4.61. The highest BCUT2D eigenvalue weighted by Gasteiger charge is 2.47. The van der Waals surface area contributed by atoms with Crippen molar-refractivity contribution in [3.63, 3.8) is 0 Å². The molecule has 0 atom stereocenters. The molecule has 0 saturated carbocycles. The SMILES string of the molecule is CC1(C)c2ccccc2N(c2cccc3c2C(=O)N(c2ccccc2N2C(=O)c4cccc(N5c6ccccc6C(C)(C)c6ccccc65)c4C2=O)C3=O)c2ccccc21. The minimum atomic E-state index is -0.542. The maximum Gasteiger partial charge on any atom is 0.268 e. The molecule has 0 bridgehead atoms. The Balaban J connectivity index is 1.02. The van der Waals surface area contributed by atoms with Crippen LogP contribution in [0.15, 0.2) is 158 Å². The smallest absolute Gasteiger partial charge is 0.268 e. The Kier molecular flexibility index (Phi) is 7.39.